The highest BCUT2D eigenvalue weighted by molar-refractivity contribution is 7.89. The summed E-state index contributed by atoms with van der Waals surface area (Å²) in [7, 11) is -2.28. The molecule has 0 radical (unpaired) electrons. The summed E-state index contributed by atoms with van der Waals surface area (Å²) in [4.78, 5) is 0.0495. The van der Waals surface area contributed by atoms with E-state index < -0.39 is 10.0 Å². The van der Waals surface area contributed by atoms with Crippen molar-refractivity contribution in [3.8, 4) is 5.75 Å². The van der Waals surface area contributed by atoms with Crippen LogP contribution < -0.4 is 9.46 Å². The van der Waals surface area contributed by atoms with Crippen LogP contribution in [0.4, 0.5) is 0 Å². The van der Waals surface area contributed by atoms with Crippen molar-refractivity contribution >= 4 is 21.6 Å². The molecule has 0 atom stereocenters. The van der Waals surface area contributed by atoms with E-state index >= 15 is 0 Å². The minimum Gasteiger partial charge on any atom is -0.495 e. The Morgan fingerprint density at radius 3 is 2.62 bits per heavy atom. The van der Waals surface area contributed by atoms with Gasteiger partial charge in [-0.25, -0.2) is 13.1 Å². The van der Waals surface area contributed by atoms with Gasteiger partial charge in [0.05, 0.1) is 7.11 Å². The maximum atomic E-state index is 12.6. The van der Waals surface area contributed by atoms with E-state index in [1.54, 1.807) is 12.1 Å². The standard InChI is InChI=1S/C17H21ClN2O3S/c1-11-8-13(12(2)20(11)15-5-6-15)10-19-24(21,22)17-9-14(18)4-7-16(17)23-3/h4,7-9,15,19H,5-6,10H2,1-3H3. The number of methoxy groups -OCH3 is 1. The fourth-order valence-electron chi connectivity index (χ4n) is 3.03. The van der Waals surface area contributed by atoms with E-state index in [0.717, 1.165) is 11.3 Å². The summed E-state index contributed by atoms with van der Waals surface area (Å²) in [5.74, 6) is 0.273. The second-order valence-corrected chi connectivity index (χ2v) is 8.29. The molecular weight excluding hydrogens is 348 g/mol. The van der Waals surface area contributed by atoms with E-state index in [0.29, 0.717) is 11.1 Å². The van der Waals surface area contributed by atoms with Crippen molar-refractivity contribution in [2.45, 2.75) is 44.2 Å². The molecule has 1 N–H and O–H groups in total. The minimum atomic E-state index is -3.72. The molecule has 5 nitrogen and oxygen atoms in total. The van der Waals surface area contributed by atoms with Crippen molar-refractivity contribution in [2.75, 3.05) is 7.11 Å². The van der Waals surface area contributed by atoms with Gasteiger partial charge in [0.2, 0.25) is 10.0 Å². The van der Waals surface area contributed by atoms with Gasteiger partial charge in [-0.05, 0) is 56.5 Å². The lowest BCUT2D eigenvalue weighted by molar-refractivity contribution is 0.402. The molecule has 1 aromatic carbocycles. The highest BCUT2D eigenvalue weighted by atomic mass is 35.5. The Labute approximate surface area is 147 Å². The van der Waals surface area contributed by atoms with Crippen molar-refractivity contribution in [2.24, 2.45) is 0 Å². The van der Waals surface area contributed by atoms with E-state index in [1.165, 1.54) is 31.7 Å². The van der Waals surface area contributed by atoms with Crippen molar-refractivity contribution in [3.05, 3.63) is 46.2 Å². The third kappa shape index (κ3) is 3.31. The predicted octanol–water partition coefficient (Wildman–Crippen LogP) is 3.58. The summed E-state index contributed by atoms with van der Waals surface area (Å²) >= 11 is 5.94. The number of nitrogens with zero attached hydrogens (tertiary/aromatic N) is 1. The van der Waals surface area contributed by atoms with Crippen LogP contribution in [0.1, 0.15) is 35.8 Å². The van der Waals surface area contributed by atoms with E-state index in [4.69, 9.17) is 16.3 Å². The predicted molar refractivity (Wildman–Crippen MR) is 94.2 cm³/mol. The molecule has 0 bridgehead atoms. The highest BCUT2D eigenvalue weighted by Crippen LogP contribution is 2.38. The average Bonchev–Trinajstić information content (AvgIpc) is 3.32. The SMILES string of the molecule is COc1ccc(Cl)cc1S(=O)(=O)NCc1cc(C)n(C2CC2)c1C. The van der Waals surface area contributed by atoms with Crippen LogP contribution in [0, 0.1) is 13.8 Å². The Balaban J connectivity index is 1.84. The molecule has 0 saturated heterocycles. The molecule has 0 spiro atoms. The second kappa shape index (κ2) is 6.43. The first-order chi connectivity index (χ1) is 11.3. The molecule has 1 heterocycles. The summed E-state index contributed by atoms with van der Waals surface area (Å²) in [5, 5.41) is 0.350. The zero-order chi connectivity index (χ0) is 17.5. The molecule has 2 aromatic rings. The summed E-state index contributed by atoms with van der Waals surface area (Å²) in [5.41, 5.74) is 3.28. The van der Waals surface area contributed by atoms with Gasteiger partial charge in [0.25, 0.3) is 0 Å². The monoisotopic (exact) mass is 368 g/mol. The topological polar surface area (TPSA) is 60.3 Å². The molecule has 130 valence electrons. The minimum absolute atomic E-state index is 0.0495. The van der Waals surface area contributed by atoms with Crippen LogP contribution in [0.2, 0.25) is 5.02 Å². The van der Waals surface area contributed by atoms with E-state index in [1.807, 2.05) is 13.0 Å². The van der Waals surface area contributed by atoms with Crippen molar-refractivity contribution in [1.29, 1.82) is 0 Å². The van der Waals surface area contributed by atoms with Crippen LogP contribution in [0.15, 0.2) is 29.2 Å². The number of aromatic nitrogens is 1. The molecule has 1 saturated carbocycles. The van der Waals surface area contributed by atoms with E-state index in [-0.39, 0.29) is 17.2 Å². The highest BCUT2D eigenvalue weighted by Gasteiger charge is 2.27. The number of ether oxygens (including phenoxy) is 1. The molecule has 1 aliphatic carbocycles. The number of sulfonamides is 1. The summed E-state index contributed by atoms with van der Waals surface area (Å²) < 4.78 is 35.4. The number of hydrogen-bond donors (Lipinski definition) is 1. The van der Waals surface area contributed by atoms with Crippen LogP contribution >= 0.6 is 11.6 Å². The van der Waals surface area contributed by atoms with Gasteiger partial charge in [-0.3, -0.25) is 0 Å². The number of benzene rings is 1. The second-order valence-electron chi connectivity index (χ2n) is 6.12. The van der Waals surface area contributed by atoms with Gasteiger partial charge >= 0.3 is 0 Å². The van der Waals surface area contributed by atoms with E-state index in [9.17, 15) is 8.42 Å². The lowest BCUT2D eigenvalue weighted by Crippen LogP contribution is -2.24. The first-order valence-corrected chi connectivity index (χ1v) is 9.70. The van der Waals surface area contributed by atoms with Gasteiger partial charge in [-0.15, -0.1) is 0 Å². The average molecular weight is 369 g/mol. The number of rotatable bonds is 6. The van der Waals surface area contributed by atoms with Crippen LogP contribution in [-0.2, 0) is 16.6 Å². The lowest BCUT2D eigenvalue weighted by Gasteiger charge is -2.12. The largest absolute Gasteiger partial charge is 0.495 e. The molecule has 0 unspecified atom stereocenters. The van der Waals surface area contributed by atoms with Crippen LogP contribution in [0.3, 0.4) is 0 Å². The maximum Gasteiger partial charge on any atom is 0.244 e. The Kier molecular flexibility index (Phi) is 4.64. The Bertz CT molecular complexity index is 870. The quantitative estimate of drug-likeness (QED) is 0.847. The number of hydrogen-bond acceptors (Lipinski definition) is 3. The Hall–Kier alpha value is -1.50. The maximum absolute atomic E-state index is 12.6. The van der Waals surface area contributed by atoms with Gasteiger partial charge in [0.1, 0.15) is 10.6 Å². The molecular formula is C17H21ClN2O3S. The number of nitrogens with one attached hydrogen (secondary N) is 1. The number of halogens is 1. The van der Waals surface area contributed by atoms with E-state index in [2.05, 4.69) is 16.2 Å². The first-order valence-electron chi connectivity index (χ1n) is 7.84. The molecule has 0 aliphatic heterocycles. The fraction of sp³-hybridized carbons (Fsp3) is 0.412. The summed E-state index contributed by atoms with van der Waals surface area (Å²) in [6.45, 7) is 4.34. The number of aryl methyl sites for hydroxylation is 1. The zero-order valence-corrected chi connectivity index (χ0v) is 15.5. The Morgan fingerprint density at radius 1 is 1.29 bits per heavy atom. The molecule has 1 fully saturated rings. The van der Waals surface area contributed by atoms with Gasteiger partial charge in [0.15, 0.2) is 0 Å². The third-order valence-electron chi connectivity index (χ3n) is 4.37. The smallest absolute Gasteiger partial charge is 0.244 e. The van der Waals surface area contributed by atoms with Crippen molar-refractivity contribution in [3.63, 3.8) is 0 Å². The van der Waals surface area contributed by atoms with Crippen molar-refractivity contribution in [1.82, 2.24) is 9.29 Å². The van der Waals surface area contributed by atoms with Gasteiger partial charge in [-0.2, -0.15) is 0 Å². The summed E-state index contributed by atoms with van der Waals surface area (Å²) in [6.07, 6.45) is 2.39. The van der Waals surface area contributed by atoms with Gasteiger partial charge in [0, 0.05) is 29.0 Å². The summed E-state index contributed by atoms with van der Waals surface area (Å²) in [6, 6.07) is 7.17. The normalized spacial score (nSPS) is 14.8. The molecule has 3 rings (SSSR count). The molecule has 1 aliphatic rings. The van der Waals surface area contributed by atoms with Gasteiger partial charge in [-0.1, -0.05) is 11.6 Å². The molecule has 24 heavy (non-hydrogen) atoms. The zero-order valence-electron chi connectivity index (χ0n) is 14.0. The van der Waals surface area contributed by atoms with Crippen LogP contribution in [0.25, 0.3) is 0 Å². The molecule has 7 heteroatoms. The van der Waals surface area contributed by atoms with Crippen LogP contribution in [0.5, 0.6) is 5.75 Å². The lowest BCUT2D eigenvalue weighted by atomic mass is 10.2. The van der Waals surface area contributed by atoms with Gasteiger partial charge < -0.3 is 9.30 Å². The first kappa shape index (κ1) is 17.3. The Morgan fingerprint density at radius 2 is 2.00 bits per heavy atom. The third-order valence-corrected chi connectivity index (χ3v) is 6.03. The fourth-order valence-corrected chi connectivity index (χ4v) is 4.47. The van der Waals surface area contributed by atoms with Crippen LogP contribution in [-0.4, -0.2) is 20.1 Å². The molecule has 1 aromatic heterocycles. The molecule has 0 amide bonds. The van der Waals surface area contributed by atoms with Crippen molar-refractivity contribution < 1.29 is 13.2 Å².